The lowest BCUT2D eigenvalue weighted by atomic mass is 10.0. The molecule has 1 aromatic heterocycles. The summed E-state index contributed by atoms with van der Waals surface area (Å²) in [6.45, 7) is 8.84. The molecule has 1 unspecified atom stereocenters. The predicted molar refractivity (Wildman–Crippen MR) is 60.9 cm³/mol. The standard InChI is InChI=1S/C11H19N3O2/c1-5-7-12-8-9-13-10(14-16-9)11(3,6-2)15-4/h5,12H,1,6-8H2,2-4H3. The Morgan fingerprint density at radius 1 is 1.62 bits per heavy atom. The summed E-state index contributed by atoms with van der Waals surface area (Å²) in [4.78, 5) is 4.30. The monoisotopic (exact) mass is 225 g/mol. The van der Waals surface area contributed by atoms with E-state index in [9.17, 15) is 0 Å². The molecule has 0 saturated carbocycles. The van der Waals surface area contributed by atoms with Crippen molar-refractivity contribution in [1.29, 1.82) is 0 Å². The number of nitrogens with one attached hydrogen (secondary N) is 1. The molecular weight excluding hydrogens is 206 g/mol. The molecular formula is C11H19N3O2. The second-order valence-electron chi connectivity index (χ2n) is 3.72. The molecule has 0 radical (unpaired) electrons. The van der Waals surface area contributed by atoms with E-state index in [1.165, 1.54) is 0 Å². The Bertz CT molecular complexity index is 332. The van der Waals surface area contributed by atoms with Crippen molar-refractivity contribution >= 4 is 0 Å². The van der Waals surface area contributed by atoms with Crippen molar-refractivity contribution in [3.8, 4) is 0 Å². The minimum Gasteiger partial charge on any atom is -0.370 e. The average molecular weight is 225 g/mol. The summed E-state index contributed by atoms with van der Waals surface area (Å²) in [5.74, 6) is 1.15. The van der Waals surface area contributed by atoms with Gasteiger partial charge in [-0.25, -0.2) is 0 Å². The molecule has 0 bridgehead atoms. The first-order chi connectivity index (χ1) is 7.66. The van der Waals surface area contributed by atoms with Gasteiger partial charge in [-0.05, 0) is 13.3 Å². The molecule has 0 spiro atoms. The number of hydrogen-bond acceptors (Lipinski definition) is 5. The second kappa shape index (κ2) is 5.77. The molecule has 0 aliphatic carbocycles. The van der Waals surface area contributed by atoms with Gasteiger partial charge in [-0.1, -0.05) is 18.2 Å². The van der Waals surface area contributed by atoms with Crippen LogP contribution in [0.3, 0.4) is 0 Å². The Morgan fingerprint density at radius 3 is 2.94 bits per heavy atom. The molecule has 1 aromatic rings. The van der Waals surface area contributed by atoms with Crippen LogP contribution in [0.25, 0.3) is 0 Å². The van der Waals surface area contributed by atoms with Crippen molar-refractivity contribution in [2.75, 3.05) is 13.7 Å². The van der Waals surface area contributed by atoms with Gasteiger partial charge in [0.15, 0.2) is 0 Å². The fraction of sp³-hybridized carbons (Fsp3) is 0.636. The van der Waals surface area contributed by atoms with Crippen LogP contribution in [0.1, 0.15) is 32.0 Å². The maximum Gasteiger partial charge on any atom is 0.240 e. The van der Waals surface area contributed by atoms with Gasteiger partial charge in [-0.15, -0.1) is 6.58 Å². The quantitative estimate of drug-likeness (QED) is 0.564. The van der Waals surface area contributed by atoms with E-state index in [1.54, 1.807) is 13.2 Å². The maximum atomic E-state index is 5.39. The van der Waals surface area contributed by atoms with Crippen LogP contribution in [0.2, 0.25) is 0 Å². The highest BCUT2D eigenvalue weighted by atomic mass is 16.5. The Balaban J connectivity index is 2.66. The second-order valence-corrected chi connectivity index (χ2v) is 3.72. The van der Waals surface area contributed by atoms with E-state index in [1.807, 2.05) is 13.8 Å². The molecule has 0 fully saturated rings. The molecule has 0 aromatic carbocycles. The molecule has 5 heteroatoms. The van der Waals surface area contributed by atoms with Crippen molar-refractivity contribution in [3.63, 3.8) is 0 Å². The van der Waals surface area contributed by atoms with Gasteiger partial charge >= 0.3 is 0 Å². The highest BCUT2D eigenvalue weighted by molar-refractivity contribution is 4.99. The van der Waals surface area contributed by atoms with Gasteiger partial charge in [-0.2, -0.15) is 4.98 Å². The van der Waals surface area contributed by atoms with Crippen molar-refractivity contribution in [2.45, 2.75) is 32.4 Å². The summed E-state index contributed by atoms with van der Waals surface area (Å²) in [5, 5.41) is 7.03. The average Bonchev–Trinajstić information content (AvgIpc) is 2.78. The van der Waals surface area contributed by atoms with Crippen LogP contribution in [-0.4, -0.2) is 23.8 Å². The van der Waals surface area contributed by atoms with E-state index in [0.29, 0.717) is 24.8 Å². The van der Waals surface area contributed by atoms with E-state index >= 15 is 0 Å². The van der Waals surface area contributed by atoms with Gasteiger partial charge in [0, 0.05) is 13.7 Å². The Hall–Kier alpha value is -1.20. The van der Waals surface area contributed by atoms with Crippen LogP contribution in [0.4, 0.5) is 0 Å². The molecule has 1 heterocycles. The van der Waals surface area contributed by atoms with E-state index in [2.05, 4.69) is 22.0 Å². The normalized spacial score (nSPS) is 14.7. The van der Waals surface area contributed by atoms with Crippen molar-refractivity contribution in [2.24, 2.45) is 0 Å². The smallest absolute Gasteiger partial charge is 0.240 e. The Morgan fingerprint density at radius 2 is 2.38 bits per heavy atom. The van der Waals surface area contributed by atoms with Crippen LogP contribution in [0, 0.1) is 0 Å². The zero-order valence-corrected chi connectivity index (χ0v) is 10.1. The van der Waals surface area contributed by atoms with Crippen molar-refractivity contribution < 1.29 is 9.26 Å². The molecule has 1 rings (SSSR count). The third-order valence-electron chi connectivity index (χ3n) is 2.63. The van der Waals surface area contributed by atoms with Gasteiger partial charge in [0.2, 0.25) is 11.7 Å². The van der Waals surface area contributed by atoms with Gasteiger partial charge < -0.3 is 14.6 Å². The van der Waals surface area contributed by atoms with Crippen molar-refractivity contribution in [3.05, 3.63) is 24.4 Å². The molecule has 1 N–H and O–H groups in total. The third-order valence-corrected chi connectivity index (χ3v) is 2.63. The molecule has 5 nitrogen and oxygen atoms in total. The fourth-order valence-electron chi connectivity index (χ4n) is 1.22. The summed E-state index contributed by atoms with van der Waals surface area (Å²) >= 11 is 0. The number of ether oxygens (including phenoxy) is 1. The first kappa shape index (κ1) is 12.9. The van der Waals surface area contributed by atoms with Gasteiger partial charge in [0.05, 0.1) is 6.54 Å². The summed E-state index contributed by atoms with van der Waals surface area (Å²) in [6.07, 6.45) is 2.57. The highest BCUT2D eigenvalue weighted by Gasteiger charge is 2.29. The lowest BCUT2D eigenvalue weighted by molar-refractivity contribution is -0.0106. The van der Waals surface area contributed by atoms with Gasteiger partial charge in [-0.3, -0.25) is 0 Å². The van der Waals surface area contributed by atoms with E-state index in [0.717, 1.165) is 6.42 Å². The Kier molecular flexibility index (Phi) is 4.64. The zero-order valence-electron chi connectivity index (χ0n) is 10.1. The van der Waals surface area contributed by atoms with Crippen LogP contribution in [0.5, 0.6) is 0 Å². The van der Waals surface area contributed by atoms with Crippen LogP contribution < -0.4 is 5.32 Å². The number of methoxy groups -OCH3 is 1. The summed E-state index contributed by atoms with van der Waals surface area (Å²) in [6, 6.07) is 0. The molecule has 0 aliphatic rings. The van der Waals surface area contributed by atoms with E-state index < -0.39 is 5.60 Å². The summed E-state index contributed by atoms with van der Waals surface area (Å²) in [5.41, 5.74) is -0.472. The minimum absolute atomic E-state index is 0.472. The van der Waals surface area contributed by atoms with E-state index in [-0.39, 0.29) is 0 Å². The molecule has 1 atom stereocenters. The number of aromatic nitrogens is 2. The number of hydrogen-bond donors (Lipinski definition) is 1. The Labute approximate surface area is 95.9 Å². The van der Waals surface area contributed by atoms with Crippen LogP contribution >= 0.6 is 0 Å². The topological polar surface area (TPSA) is 60.2 Å². The zero-order chi connectivity index (χ0) is 12.0. The molecule has 90 valence electrons. The molecule has 0 saturated heterocycles. The lowest BCUT2D eigenvalue weighted by Crippen LogP contribution is -2.25. The number of rotatable bonds is 7. The van der Waals surface area contributed by atoms with Crippen LogP contribution in [0.15, 0.2) is 17.2 Å². The predicted octanol–water partition coefficient (Wildman–Crippen LogP) is 1.62. The lowest BCUT2D eigenvalue weighted by Gasteiger charge is -2.21. The van der Waals surface area contributed by atoms with Gasteiger partial charge in [0.25, 0.3) is 0 Å². The maximum absolute atomic E-state index is 5.39. The van der Waals surface area contributed by atoms with Crippen molar-refractivity contribution in [1.82, 2.24) is 15.5 Å². The third kappa shape index (κ3) is 2.90. The SMILES string of the molecule is C=CCNCc1nc(C(C)(CC)OC)no1. The summed E-state index contributed by atoms with van der Waals surface area (Å²) < 4.78 is 10.5. The molecule has 0 amide bonds. The molecule has 16 heavy (non-hydrogen) atoms. The molecule has 0 aliphatic heterocycles. The highest BCUT2D eigenvalue weighted by Crippen LogP contribution is 2.25. The van der Waals surface area contributed by atoms with Gasteiger partial charge in [0.1, 0.15) is 5.60 Å². The first-order valence-electron chi connectivity index (χ1n) is 5.36. The number of nitrogens with zero attached hydrogens (tertiary/aromatic N) is 2. The summed E-state index contributed by atoms with van der Waals surface area (Å²) in [7, 11) is 1.65. The van der Waals surface area contributed by atoms with Crippen LogP contribution in [-0.2, 0) is 16.9 Å². The van der Waals surface area contributed by atoms with E-state index in [4.69, 9.17) is 9.26 Å². The fourth-order valence-corrected chi connectivity index (χ4v) is 1.22. The largest absolute Gasteiger partial charge is 0.370 e. The minimum atomic E-state index is -0.472. The first-order valence-corrected chi connectivity index (χ1v) is 5.36.